The topological polar surface area (TPSA) is 59.0 Å². The van der Waals surface area contributed by atoms with Crippen LogP contribution in [-0.2, 0) is 7.05 Å². The smallest absolute Gasteiger partial charge is 0.261 e. The Morgan fingerprint density at radius 2 is 2.40 bits per heavy atom. The van der Waals surface area contributed by atoms with Crippen LogP contribution in [0.3, 0.4) is 0 Å². The summed E-state index contributed by atoms with van der Waals surface area (Å²) in [5.41, 5.74) is 0.980. The van der Waals surface area contributed by atoms with E-state index in [1.165, 1.54) is 11.3 Å². The van der Waals surface area contributed by atoms with E-state index in [-0.39, 0.29) is 11.9 Å². The molecule has 6 heteroatoms. The van der Waals surface area contributed by atoms with Gasteiger partial charge in [0, 0.05) is 24.5 Å². The molecule has 2 N–H and O–H groups in total. The molecule has 108 valence electrons. The van der Waals surface area contributed by atoms with E-state index in [2.05, 4.69) is 22.7 Å². The summed E-state index contributed by atoms with van der Waals surface area (Å²) in [6.07, 6.45) is 2.00. The molecule has 2 aromatic heterocycles. The van der Waals surface area contributed by atoms with E-state index in [9.17, 15) is 4.79 Å². The fourth-order valence-electron chi connectivity index (χ4n) is 2.84. The van der Waals surface area contributed by atoms with E-state index in [4.69, 9.17) is 0 Å². The van der Waals surface area contributed by atoms with Gasteiger partial charge in [0.05, 0.1) is 10.6 Å². The van der Waals surface area contributed by atoms with E-state index in [0.717, 1.165) is 40.2 Å². The summed E-state index contributed by atoms with van der Waals surface area (Å²) in [6, 6.07) is 2.72. The number of carbonyl (C=O) groups excluding carboxylic acids is 1. The van der Waals surface area contributed by atoms with Gasteiger partial charge < -0.3 is 10.6 Å². The van der Waals surface area contributed by atoms with E-state index in [1.807, 2.05) is 24.7 Å². The van der Waals surface area contributed by atoms with Crippen molar-refractivity contribution in [1.82, 2.24) is 20.4 Å². The van der Waals surface area contributed by atoms with Crippen LogP contribution in [0.25, 0.3) is 10.2 Å². The summed E-state index contributed by atoms with van der Waals surface area (Å²) in [4.78, 5) is 14.2. The molecule has 2 atom stereocenters. The molecule has 2 aromatic rings. The molecule has 1 aliphatic rings. The minimum absolute atomic E-state index is 0.0460. The van der Waals surface area contributed by atoms with Gasteiger partial charge >= 0.3 is 0 Å². The molecular formula is C14H20N4OS. The highest BCUT2D eigenvalue weighted by Crippen LogP contribution is 2.27. The molecule has 0 bridgehead atoms. The molecule has 1 fully saturated rings. The summed E-state index contributed by atoms with van der Waals surface area (Å²) < 4.78 is 1.85. The zero-order valence-corrected chi connectivity index (χ0v) is 12.9. The summed E-state index contributed by atoms with van der Waals surface area (Å²) in [5, 5.41) is 12.0. The van der Waals surface area contributed by atoms with E-state index in [1.54, 1.807) is 0 Å². The van der Waals surface area contributed by atoms with Gasteiger partial charge in [0.2, 0.25) is 0 Å². The van der Waals surface area contributed by atoms with Gasteiger partial charge in [0.15, 0.2) is 0 Å². The number of aromatic nitrogens is 2. The van der Waals surface area contributed by atoms with Gasteiger partial charge in [-0.15, -0.1) is 11.3 Å². The van der Waals surface area contributed by atoms with Crippen molar-refractivity contribution in [3.63, 3.8) is 0 Å². The van der Waals surface area contributed by atoms with Gasteiger partial charge in [0.1, 0.15) is 4.83 Å². The number of thiophene rings is 1. The van der Waals surface area contributed by atoms with Crippen molar-refractivity contribution in [2.24, 2.45) is 7.05 Å². The van der Waals surface area contributed by atoms with Crippen LogP contribution in [0, 0.1) is 6.92 Å². The molecule has 0 radical (unpaired) electrons. The first kappa shape index (κ1) is 13.6. The average Bonchev–Trinajstić information content (AvgIpc) is 2.92. The van der Waals surface area contributed by atoms with Crippen LogP contribution in [0.15, 0.2) is 6.07 Å². The fraction of sp³-hybridized carbons (Fsp3) is 0.571. The van der Waals surface area contributed by atoms with Crippen molar-refractivity contribution in [2.45, 2.75) is 38.8 Å². The Bertz CT molecular complexity index is 610. The highest BCUT2D eigenvalue weighted by atomic mass is 32.1. The molecule has 5 nitrogen and oxygen atoms in total. The number of amides is 1. The number of hydrogen-bond donors (Lipinski definition) is 2. The zero-order chi connectivity index (χ0) is 14.3. The SMILES string of the molecule is Cc1nn(C)c2sc(C(=O)NC3CCNC(C)C3)cc12. The third kappa shape index (κ3) is 2.45. The van der Waals surface area contributed by atoms with Crippen molar-refractivity contribution >= 4 is 27.5 Å². The molecule has 2 unspecified atom stereocenters. The average molecular weight is 292 g/mol. The maximum absolute atomic E-state index is 12.4. The second-order valence-corrected chi connectivity index (χ2v) is 6.62. The quantitative estimate of drug-likeness (QED) is 0.887. The Morgan fingerprint density at radius 3 is 3.10 bits per heavy atom. The third-order valence-corrected chi connectivity index (χ3v) is 5.08. The zero-order valence-electron chi connectivity index (χ0n) is 12.1. The Hall–Kier alpha value is -1.40. The van der Waals surface area contributed by atoms with Crippen LogP contribution in [-0.4, -0.2) is 34.3 Å². The highest BCUT2D eigenvalue weighted by molar-refractivity contribution is 7.20. The first-order chi connectivity index (χ1) is 9.54. The van der Waals surface area contributed by atoms with Crippen molar-refractivity contribution in [1.29, 1.82) is 0 Å². The monoisotopic (exact) mass is 292 g/mol. The van der Waals surface area contributed by atoms with Gasteiger partial charge in [-0.25, -0.2) is 0 Å². The van der Waals surface area contributed by atoms with E-state index in [0.29, 0.717) is 6.04 Å². The molecule has 3 rings (SSSR count). The number of aryl methyl sites for hydroxylation is 2. The third-order valence-electron chi connectivity index (χ3n) is 3.88. The van der Waals surface area contributed by atoms with Gasteiger partial charge in [0.25, 0.3) is 5.91 Å². The predicted octanol–water partition coefficient (Wildman–Crippen LogP) is 1.81. The lowest BCUT2D eigenvalue weighted by molar-refractivity contribution is 0.0930. The van der Waals surface area contributed by atoms with E-state index >= 15 is 0 Å². The lowest BCUT2D eigenvalue weighted by atomic mass is 10.0. The van der Waals surface area contributed by atoms with Crippen LogP contribution in [0.2, 0.25) is 0 Å². The number of fused-ring (bicyclic) bond motifs is 1. The second-order valence-electron chi connectivity index (χ2n) is 5.59. The van der Waals surface area contributed by atoms with Gasteiger partial charge in [-0.05, 0) is 39.3 Å². The van der Waals surface area contributed by atoms with Gasteiger partial charge in [-0.3, -0.25) is 9.48 Å². The van der Waals surface area contributed by atoms with Crippen molar-refractivity contribution < 1.29 is 4.79 Å². The summed E-state index contributed by atoms with van der Waals surface area (Å²) >= 11 is 1.52. The van der Waals surface area contributed by atoms with Crippen molar-refractivity contribution in [3.8, 4) is 0 Å². The predicted molar refractivity (Wildman–Crippen MR) is 81.3 cm³/mol. The molecule has 0 saturated carbocycles. The van der Waals surface area contributed by atoms with Crippen LogP contribution in [0.4, 0.5) is 0 Å². The summed E-state index contributed by atoms with van der Waals surface area (Å²) in [7, 11) is 1.92. The molecule has 1 amide bonds. The Labute approximate surface area is 122 Å². The van der Waals surface area contributed by atoms with Crippen LogP contribution < -0.4 is 10.6 Å². The largest absolute Gasteiger partial charge is 0.349 e. The van der Waals surface area contributed by atoms with Crippen molar-refractivity contribution in [2.75, 3.05) is 6.54 Å². The standard InChI is InChI=1S/C14H20N4OS/c1-8-6-10(4-5-15-8)16-13(19)12-7-11-9(2)17-18(3)14(11)20-12/h7-8,10,15H,4-6H2,1-3H3,(H,16,19). The van der Waals surface area contributed by atoms with Crippen LogP contribution in [0.1, 0.15) is 35.1 Å². The number of hydrogen-bond acceptors (Lipinski definition) is 4. The Kier molecular flexibility index (Phi) is 3.52. The molecule has 20 heavy (non-hydrogen) atoms. The first-order valence-electron chi connectivity index (χ1n) is 7.02. The molecule has 0 aliphatic carbocycles. The minimum atomic E-state index is 0.0460. The number of piperidine rings is 1. The normalized spacial score (nSPS) is 23.1. The maximum Gasteiger partial charge on any atom is 0.261 e. The molecule has 3 heterocycles. The van der Waals surface area contributed by atoms with E-state index < -0.39 is 0 Å². The minimum Gasteiger partial charge on any atom is -0.349 e. The first-order valence-corrected chi connectivity index (χ1v) is 7.83. The van der Waals surface area contributed by atoms with Gasteiger partial charge in [-0.1, -0.05) is 0 Å². The maximum atomic E-state index is 12.4. The molecule has 0 aromatic carbocycles. The molecule has 1 aliphatic heterocycles. The number of carbonyl (C=O) groups is 1. The Morgan fingerprint density at radius 1 is 1.60 bits per heavy atom. The lowest BCUT2D eigenvalue weighted by Gasteiger charge is -2.28. The fourth-order valence-corrected chi connectivity index (χ4v) is 3.86. The number of nitrogens with one attached hydrogen (secondary N) is 2. The van der Waals surface area contributed by atoms with Crippen LogP contribution in [0.5, 0.6) is 0 Å². The molecular weight excluding hydrogens is 272 g/mol. The van der Waals surface area contributed by atoms with Crippen LogP contribution >= 0.6 is 11.3 Å². The Balaban J connectivity index is 1.76. The summed E-state index contributed by atoms with van der Waals surface area (Å²) in [6.45, 7) is 5.11. The molecule has 0 spiro atoms. The highest BCUT2D eigenvalue weighted by Gasteiger charge is 2.22. The second kappa shape index (κ2) is 5.18. The number of rotatable bonds is 2. The lowest BCUT2D eigenvalue weighted by Crippen LogP contribution is -2.46. The summed E-state index contributed by atoms with van der Waals surface area (Å²) in [5.74, 6) is 0.0460. The molecule has 1 saturated heterocycles. The number of nitrogens with zero attached hydrogens (tertiary/aromatic N) is 2. The van der Waals surface area contributed by atoms with Crippen molar-refractivity contribution in [3.05, 3.63) is 16.6 Å². The van der Waals surface area contributed by atoms with Gasteiger partial charge in [-0.2, -0.15) is 5.10 Å².